The molecule has 1 aromatic carbocycles. The normalized spacial score (nSPS) is 25.1. The van der Waals surface area contributed by atoms with Crippen LogP contribution in [0.3, 0.4) is 0 Å². The predicted octanol–water partition coefficient (Wildman–Crippen LogP) is 3.51. The van der Waals surface area contributed by atoms with Gasteiger partial charge in [-0.2, -0.15) is 0 Å². The lowest BCUT2D eigenvalue weighted by Crippen LogP contribution is -2.38. The first-order valence-electron chi connectivity index (χ1n) is 4.94. The van der Waals surface area contributed by atoms with Crippen molar-refractivity contribution in [3.8, 4) is 0 Å². The molecule has 4 heteroatoms. The summed E-state index contributed by atoms with van der Waals surface area (Å²) in [6, 6.07) is 7.26. The van der Waals surface area contributed by atoms with E-state index in [1.807, 2.05) is 24.3 Å². The first kappa shape index (κ1) is 11.0. The summed E-state index contributed by atoms with van der Waals surface area (Å²) < 4.78 is 27.3. The molecule has 0 aliphatic carbocycles. The van der Waals surface area contributed by atoms with Crippen LogP contribution >= 0.6 is 15.9 Å². The summed E-state index contributed by atoms with van der Waals surface area (Å²) in [6.45, 7) is 0.374. The van der Waals surface area contributed by atoms with Gasteiger partial charge in [-0.25, -0.2) is 8.78 Å². The van der Waals surface area contributed by atoms with Crippen LogP contribution in [0.1, 0.15) is 24.4 Å². The lowest BCUT2D eigenvalue weighted by Gasteiger charge is -2.30. The molecule has 1 saturated heterocycles. The fraction of sp³-hybridized carbons (Fsp3) is 0.455. The molecule has 1 heterocycles. The van der Waals surface area contributed by atoms with E-state index in [9.17, 15) is 8.78 Å². The average molecular weight is 276 g/mol. The minimum Gasteiger partial charge on any atom is -0.309 e. The Balaban J connectivity index is 2.21. The second kappa shape index (κ2) is 4.18. The molecule has 1 nitrogen and oxygen atoms in total. The third-order valence-corrected chi connectivity index (χ3v) is 3.39. The van der Waals surface area contributed by atoms with Gasteiger partial charge in [-0.1, -0.05) is 34.1 Å². The molecule has 0 radical (unpaired) electrons. The van der Waals surface area contributed by atoms with Gasteiger partial charge in [0.05, 0.1) is 0 Å². The molecule has 0 amide bonds. The quantitative estimate of drug-likeness (QED) is 0.827. The van der Waals surface area contributed by atoms with Crippen LogP contribution < -0.4 is 5.32 Å². The Bertz CT molecular complexity index is 354. The molecule has 1 fully saturated rings. The van der Waals surface area contributed by atoms with Crippen molar-refractivity contribution < 1.29 is 8.78 Å². The van der Waals surface area contributed by atoms with E-state index in [1.165, 1.54) is 0 Å². The van der Waals surface area contributed by atoms with Gasteiger partial charge in [-0.15, -0.1) is 0 Å². The molecule has 0 saturated carbocycles. The summed E-state index contributed by atoms with van der Waals surface area (Å²) in [5.74, 6) is -2.54. The molecular weight excluding hydrogens is 264 g/mol. The van der Waals surface area contributed by atoms with Gasteiger partial charge < -0.3 is 5.32 Å². The van der Waals surface area contributed by atoms with Crippen molar-refractivity contribution in [2.75, 3.05) is 6.54 Å². The predicted molar refractivity (Wildman–Crippen MR) is 59.1 cm³/mol. The Kier molecular flexibility index (Phi) is 3.07. The molecule has 1 atom stereocenters. The highest BCUT2D eigenvalue weighted by Crippen LogP contribution is 2.36. The van der Waals surface area contributed by atoms with Gasteiger partial charge in [0.25, 0.3) is 5.92 Å². The van der Waals surface area contributed by atoms with Crippen molar-refractivity contribution in [2.24, 2.45) is 0 Å². The summed E-state index contributed by atoms with van der Waals surface area (Å²) in [5.41, 5.74) is 0.914. The van der Waals surface area contributed by atoms with E-state index in [1.54, 1.807) is 0 Å². The summed E-state index contributed by atoms with van der Waals surface area (Å²) in [4.78, 5) is 0. The lowest BCUT2D eigenvalue weighted by atomic mass is 9.95. The average Bonchev–Trinajstić information content (AvgIpc) is 2.17. The zero-order valence-corrected chi connectivity index (χ0v) is 9.73. The molecule has 1 unspecified atom stereocenters. The monoisotopic (exact) mass is 275 g/mol. The molecule has 1 aliphatic heterocycles. The van der Waals surface area contributed by atoms with Gasteiger partial charge in [0.2, 0.25) is 0 Å². The Morgan fingerprint density at radius 1 is 1.33 bits per heavy atom. The van der Waals surface area contributed by atoms with Crippen LogP contribution in [0.5, 0.6) is 0 Å². The lowest BCUT2D eigenvalue weighted by molar-refractivity contribution is -0.0416. The van der Waals surface area contributed by atoms with Gasteiger partial charge >= 0.3 is 0 Å². The number of hydrogen-bond donors (Lipinski definition) is 1. The summed E-state index contributed by atoms with van der Waals surface area (Å²) in [5, 5.41) is 3.12. The fourth-order valence-electron chi connectivity index (χ4n) is 1.88. The second-order valence-corrected chi connectivity index (χ2v) is 4.69. The number of rotatable bonds is 1. The van der Waals surface area contributed by atoms with E-state index < -0.39 is 5.92 Å². The first-order valence-corrected chi connectivity index (χ1v) is 5.73. The molecule has 1 aromatic rings. The number of nitrogens with one attached hydrogen (secondary N) is 1. The number of benzene rings is 1. The zero-order chi connectivity index (χ0) is 10.9. The van der Waals surface area contributed by atoms with Gasteiger partial charge in [0.15, 0.2) is 0 Å². The number of alkyl halides is 2. The van der Waals surface area contributed by atoms with Crippen molar-refractivity contribution in [2.45, 2.75) is 24.8 Å². The topological polar surface area (TPSA) is 12.0 Å². The molecule has 15 heavy (non-hydrogen) atoms. The van der Waals surface area contributed by atoms with Crippen LogP contribution in [0, 0.1) is 0 Å². The molecule has 82 valence electrons. The third kappa shape index (κ3) is 2.55. The van der Waals surface area contributed by atoms with E-state index >= 15 is 0 Å². The van der Waals surface area contributed by atoms with Crippen molar-refractivity contribution in [3.63, 3.8) is 0 Å². The van der Waals surface area contributed by atoms with Crippen LogP contribution in [-0.2, 0) is 0 Å². The smallest absolute Gasteiger partial charge is 0.251 e. The minimum absolute atomic E-state index is 0.0616. The second-order valence-electron chi connectivity index (χ2n) is 3.84. The van der Waals surface area contributed by atoms with E-state index in [2.05, 4.69) is 21.2 Å². The SMILES string of the molecule is FC1(F)CCNC(c2ccccc2Br)C1. The molecule has 2 rings (SSSR count). The fourth-order valence-corrected chi connectivity index (χ4v) is 2.44. The van der Waals surface area contributed by atoms with Crippen molar-refractivity contribution in [1.29, 1.82) is 0 Å². The Morgan fingerprint density at radius 3 is 2.73 bits per heavy atom. The van der Waals surface area contributed by atoms with Crippen LogP contribution in [0.15, 0.2) is 28.7 Å². The standard InChI is InChI=1S/C11H12BrF2N/c12-9-4-2-1-3-8(9)10-7-11(13,14)5-6-15-10/h1-4,10,15H,5-7H2. The zero-order valence-electron chi connectivity index (χ0n) is 8.14. The molecule has 1 N–H and O–H groups in total. The number of piperidine rings is 1. The van der Waals surface area contributed by atoms with Crippen molar-refractivity contribution >= 4 is 15.9 Å². The molecule has 0 aromatic heterocycles. The van der Waals surface area contributed by atoms with Crippen molar-refractivity contribution in [3.05, 3.63) is 34.3 Å². The highest BCUT2D eigenvalue weighted by Gasteiger charge is 2.36. The van der Waals surface area contributed by atoms with Crippen LogP contribution in [0.25, 0.3) is 0 Å². The summed E-state index contributed by atoms with van der Waals surface area (Å²) in [6.07, 6.45) is -0.177. The third-order valence-electron chi connectivity index (χ3n) is 2.66. The van der Waals surface area contributed by atoms with E-state index in [-0.39, 0.29) is 18.9 Å². The van der Waals surface area contributed by atoms with Gasteiger partial charge in [-0.3, -0.25) is 0 Å². The Hall–Kier alpha value is -0.480. The van der Waals surface area contributed by atoms with Gasteiger partial charge in [-0.05, 0) is 11.6 Å². The largest absolute Gasteiger partial charge is 0.309 e. The maximum Gasteiger partial charge on any atom is 0.251 e. The molecule has 0 bridgehead atoms. The highest BCUT2D eigenvalue weighted by atomic mass is 79.9. The Morgan fingerprint density at radius 2 is 2.07 bits per heavy atom. The van der Waals surface area contributed by atoms with Gasteiger partial charge in [0.1, 0.15) is 0 Å². The molecule has 0 spiro atoms. The summed E-state index contributed by atoms with van der Waals surface area (Å²) >= 11 is 3.38. The maximum absolute atomic E-state index is 13.2. The first-order chi connectivity index (χ1) is 7.08. The summed E-state index contributed by atoms with van der Waals surface area (Å²) in [7, 11) is 0. The van der Waals surface area contributed by atoms with Gasteiger partial charge in [0, 0.05) is 29.9 Å². The van der Waals surface area contributed by atoms with Crippen molar-refractivity contribution in [1.82, 2.24) is 5.32 Å². The van der Waals surface area contributed by atoms with Crippen LogP contribution in [0.4, 0.5) is 8.78 Å². The van der Waals surface area contributed by atoms with E-state index in [0.717, 1.165) is 10.0 Å². The van der Waals surface area contributed by atoms with Crippen LogP contribution in [-0.4, -0.2) is 12.5 Å². The van der Waals surface area contributed by atoms with E-state index in [0.29, 0.717) is 6.54 Å². The minimum atomic E-state index is -2.54. The van der Waals surface area contributed by atoms with Crippen LogP contribution in [0.2, 0.25) is 0 Å². The molecule has 1 aliphatic rings. The number of halogens is 3. The Labute approximate surface area is 96.0 Å². The van der Waals surface area contributed by atoms with E-state index in [4.69, 9.17) is 0 Å². The highest BCUT2D eigenvalue weighted by molar-refractivity contribution is 9.10. The molecular formula is C11H12BrF2N. The maximum atomic E-state index is 13.2. The number of hydrogen-bond acceptors (Lipinski definition) is 1.